The number of nitrogens with zero attached hydrogens (tertiary/aromatic N) is 1. The van der Waals surface area contributed by atoms with Crippen molar-refractivity contribution in [2.45, 2.75) is 0 Å². The van der Waals surface area contributed by atoms with Crippen LogP contribution in [0.25, 0.3) is 0 Å². The van der Waals surface area contributed by atoms with Crippen molar-refractivity contribution in [3.05, 3.63) is 59.7 Å². The van der Waals surface area contributed by atoms with Crippen molar-refractivity contribution in [2.75, 3.05) is 16.3 Å². The van der Waals surface area contributed by atoms with Gasteiger partial charge in [-0.2, -0.15) is 5.26 Å². The average Bonchev–Trinajstić information content (AvgIpc) is 2.46. The minimum Gasteiger partial charge on any atom is -0.322 e. The molecule has 22 heavy (non-hydrogen) atoms. The number of nitriles is 1. The number of carbonyl (C=O) groups excluding carboxylic acids is 1. The maximum atomic E-state index is 12.2. The van der Waals surface area contributed by atoms with E-state index in [9.17, 15) is 13.2 Å². The highest BCUT2D eigenvalue weighted by Crippen LogP contribution is 2.15. The van der Waals surface area contributed by atoms with Gasteiger partial charge in [-0.15, -0.1) is 0 Å². The number of sulfonamides is 1. The molecule has 0 aliphatic carbocycles. The topological polar surface area (TPSA) is 99.1 Å². The Hall–Kier alpha value is -2.85. The Bertz CT molecular complexity index is 854. The lowest BCUT2D eigenvalue weighted by molar-refractivity contribution is 0.102. The molecule has 6 nitrogen and oxygen atoms in total. The van der Waals surface area contributed by atoms with E-state index in [1.165, 1.54) is 6.07 Å². The summed E-state index contributed by atoms with van der Waals surface area (Å²) < 4.78 is 24.7. The number of benzene rings is 2. The Balaban J connectivity index is 2.19. The zero-order chi connectivity index (χ0) is 16.2. The van der Waals surface area contributed by atoms with Crippen LogP contribution in [0.3, 0.4) is 0 Å². The molecule has 2 N–H and O–H groups in total. The molecule has 0 unspecified atom stereocenters. The highest BCUT2D eigenvalue weighted by atomic mass is 32.2. The molecule has 0 aromatic heterocycles. The number of rotatable bonds is 4. The molecule has 0 fully saturated rings. The van der Waals surface area contributed by atoms with Gasteiger partial charge in [-0.1, -0.05) is 12.1 Å². The van der Waals surface area contributed by atoms with E-state index in [-0.39, 0.29) is 0 Å². The van der Waals surface area contributed by atoms with Gasteiger partial charge in [-0.25, -0.2) is 8.42 Å². The molecule has 2 aromatic carbocycles. The summed E-state index contributed by atoms with van der Waals surface area (Å²) in [6, 6.07) is 14.6. The van der Waals surface area contributed by atoms with E-state index in [2.05, 4.69) is 10.0 Å². The summed E-state index contributed by atoms with van der Waals surface area (Å²) in [4.78, 5) is 12.2. The van der Waals surface area contributed by atoms with Crippen molar-refractivity contribution < 1.29 is 13.2 Å². The second-order valence-electron chi connectivity index (χ2n) is 4.60. The van der Waals surface area contributed by atoms with E-state index >= 15 is 0 Å². The Kier molecular flexibility index (Phi) is 4.44. The highest BCUT2D eigenvalue weighted by Gasteiger charge is 2.09. The molecule has 0 aliphatic rings. The summed E-state index contributed by atoms with van der Waals surface area (Å²) in [7, 11) is -3.41. The second-order valence-corrected chi connectivity index (χ2v) is 6.35. The van der Waals surface area contributed by atoms with Gasteiger partial charge < -0.3 is 5.32 Å². The maximum Gasteiger partial charge on any atom is 0.255 e. The quantitative estimate of drug-likeness (QED) is 0.903. The molecule has 0 saturated carbocycles. The third-order valence-electron chi connectivity index (χ3n) is 2.68. The predicted molar refractivity (Wildman–Crippen MR) is 84.0 cm³/mol. The average molecular weight is 315 g/mol. The minimum absolute atomic E-state index is 0.302. The van der Waals surface area contributed by atoms with Crippen LogP contribution in [0.15, 0.2) is 48.5 Å². The monoisotopic (exact) mass is 315 g/mol. The van der Waals surface area contributed by atoms with Crippen LogP contribution in [0.4, 0.5) is 11.4 Å². The smallest absolute Gasteiger partial charge is 0.255 e. The lowest BCUT2D eigenvalue weighted by Gasteiger charge is -2.08. The molecular formula is C15H13N3O3S. The van der Waals surface area contributed by atoms with E-state index in [0.29, 0.717) is 22.5 Å². The van der Waals surface area contributed by atoms with Crippen LogP contribution in [-0.4, -0.2) is 20.6 Å². The Morgan fingerprint density at radius 2 is 1.77 bits per heavy atom. The SMILES string of the molecule is CS(=O)(=O)Nc1cccc(C(=O)Nc2cccc(C#N)c2)c1. The van der Waals surface area contributed by atoms with Gasteiger partial charge in [0.15, 0.2) is 0 Å². The van der Waals surface area contributed by atoms with Gasteiger partial charge in [0, 0.05) is 16.9 Å². The predicted octanol–water partition coefficient (Wildman–Crippen LogP) is 2.18. The van der Waals surface area contributed by atoms with Crippen molar-refractivity contribution in [1.29, 1.82) is 5.26 Å². The first-order chi connectivity index (χ1) is 10.4. The van der Waals surface area contributed by atoms with Crippen molar-refractivity contribution >= 4 is 27.3 Å². The van der Waals surface area contributed by atoms with Crippen molar-refractivity contribution in [3.63, 3.8) is 0 Å². The fourth-order valence-electron chi connectivity index (χ4n) is 1.81. The van der Waals surface area contributed by atoms with Crippen LogP contribution in [0.2, 0.25) is 0 Å². The molecule has 0 heterocycles. The third-order valence-corrected chi connectivity index (χ3v) is 3.28. The molecule has 7 heteroatoms. The largest absolute Gasteiger partial charge is 0.322 e. The van der Waals surface area contributed by atoms with Gasteiger partial charge in [-0.3, -0.25) is 9.52 Å². The third kappa shape index (κ3) is 4.33. The van der Waals surface area contributed by atoms with Crippen LogP contribution in [0, 0.1) is 11.3 Å². The molecule has 2 aromatic rings. The second kappa shape index (κ2) is 6.28. The zero-order valence-corrected chi connectivity index (χ0v) is 12.5. The van der Waals surface area contributed by atoms with Gasteiger partial charge in [0.05, 0.1) is 17.9 Å². The fraction of sp³-hybridized carbons (Fsp3) is 0.0667. The molecule has 0 bridgehead atoms. The number of hydrogen-bond acceptors (Lipinski definition) is 4. The number of carbonyl (C=O) groups is 1. The lowest BCUT2D eigenvalue weighted by Crippen LogP contribution is -2.14. The highest BCUT2D eigenvalue weighted by molar-refractivity contribution is 7.92. The van der Waals surface area contributed by atoms with E-state index in [1.54, 1.807) is 42.5 Å². The van der Waals surface area contributed by atoms with Gasteiger partial charge in [-0.05, 0) is 36.4 Å². The van der Waals surface area contributed by atoms with E-state index in [1.807, 2.05) is 6.07 Å². The van der Waals surface area contributed by atoms with Gasteiger partial charge in [0.25, 0.3) is 5.91 Å². The summed E-state index contributed by atoms with van der Waals surface area (Å²) in [6.07, 6.45) is 1.03. The lowest BCUT2D eigenvalue weighted by atomic mass is 10.1. The van der Waals surface area contributed by atoms with Gasteiger partial charge in [0.1, 0.15) is 0 Å². The molecular weight excluding hydrogens is 302 g/mol. The van der Waals surface area contributed by atoms with Crippen molar-refractivity contribution in [1.82, 2.24) is 0 Å². The van der Waals surface area contributed by atoms with E-state index in [4.69, 9.17) is 5.26 Å². The van der Waals surface area contributed by atoms with Crippen LogP contribution in [-0.2, 0) is 10.0 Å². The van der Waals surface area contributed by atoms with Crippen molar-refractivity contribution in [3.8, 4) is 6.07 Å². The minimum atomic E-state index is -3.41. The Labute approximate surface area is 128 Å². The molecule has 0 saturated heterocycles. The van der Waals surface area contributed by atoms with Gasteiger partial charge >= 0.3 is 0 Å². The van der Waals surface area contributed by atoms with E-state index in [0.717, 1.165) is 6.26 Å². The Morgan fingerprint density at radius 1 is 1.09 bits per heavy atom. The van der Waals surface area contributed by atoms with Crippen LogP contribution in [0.1, 0.15) is 15.9 Å². The first kappa shape index (κ1) is 15.5. The molecule has 0 aliphatic heterocycles. The summed E-state index contributed by atoms with van der Waals surface area (Å²) in [5.74, 6) is -0.396. The number of amides is 1. The zero-order valence-electron chi connectivity index (χ0n) is 11.7. The number of anilines is 2. The normalized spacial score (nSPS) is 10.5. The Morgan fingerprint density at radius 3 is 2.45 bits per heavy atom. The first-order valence-corrected chi connectivity index (χ1v) is 8.16. The first-order valence-electron chi connectivity index (χ1n) is 6.27. The maximum absolute atomic E-state index is 12.2. The molecule has 112 valence electrons. The number of hydrogen-bond donors (Lipinski definition) is 2. The molecule has 0 atom stereocenters. The molecule has 0 radical (unpaired) electrons. The van der Waals surface area contributed by atoms with Crippen LogP contribution < -0.4 is 10.0 Å². The molecule has 1 amide bonds. The summed E-state index contributed by atoms with van der Waals surface area (Å²) >= 11 is 0. The number of nitrogens with one attached hydrogen (secondary N) is 2. The van der Waals surface area contributed by atoms with Crippen molar-refractivity contribution in [2.24, 2.45) is 0 Å². The standard InChI is InChI=1S/C15H13N3O3S/c1-22(20,21)18-14-7-3-5-12(9-14)15(19)17-13-6-2-4-11(8-13)10-16/h2-9,18H,1H3,(H,17,19). The van der Waals surface area contributed by atoms with Gasteiger partial charge in [0.2, 0.25) is 10.0 Å². The summed E-state index contributed by atoms with van der Waals surface area (Å²) in [6.45, 7) is 0. The molecule has 0 spiro atoms. The molecule has 2 rings (SSSR count). The van der Waals surface area contributed by atoms with E-state index < -0.39 is 15.9 Å². The summed E-state index contributed by atoms with van der Waals surface area (Å²) in [5.41, 5.74) is 1.53. The van der Waals surface area contributed by atoms with Crippen LogP contribution in [0.5, 0.6) is 0 Å². The fourth-order valence-corrected chi connectivity index (χ4v) is 2.36. The van der Waals surface area contributed by atoms with Crippen LogP contribution >= 0.6 is 0 Å². The summed E-state index contributed by atoms with van der Waals surface area (Å²) in [5, 5.41) is 11.5.